The Morgan fingerprint density at radius 1 is 1.21 bits per heavy atom. The maximum atomic E-state index is 13.0. The molecule has 4 aromatic heterocycles. The van der Waals surface area contributed by atoms with Crippen molar-refractivity contribution in [2.75, 3.05) is 5.32 Å². The second-order valence-corrected chi connectivity index (χ2v) is 8.65. The second kappa shape index (κ2) is 8.91. The minimum atomic E-state index is -4.68. The number of hydrogen-bond donors (Lipinski definition) is 1. The van der Waals surface area contributed by atoms with Crippen molar-refractivity contribution in [3.8, 4) is 0 Å². The molecule has 7 nitrogen and oxygen atoms in total. The summed E-state index contributed by atoms with van der Waals surface area (Å²) in [4.78, 5) is 33.3. The predicted octanol–water partition coefficient (Wildman–Crippen LogP) is 5.49. The lowest BCUT2D eigenvalue weighted by atomic mass is 10.0. The van der Waals surface area contributed by atoms with Crippen LogP contribution < -0.4 is 5.32 Å². The van der Waals surface area contributed by atoms with Crippen molar-refractivity contribution in [2.45, 2.75) is 25.4 Å². The summed E-state index contributed by atoms with van der Waals surface area (Å²) in [6.07, 6.45) is 0.866. The standard InChI is InChI=1S/C21H15ClF3N5O2S/c1-11(6-16(31)12-8-28-30-5-3-2-4-15(12)30)20-27-10-17(33-20)19(32)29-18-7-13(21(23,24)25)14(22)9-26-18/h2-5,7-11H,6H2,1H3,(H,26,29,32)/t11-/m0/s1. The summed E-state index contributed by atoms with van der Waals surface area (Å²) < 4.78 is 40.6. The number of thiazole rings is 1. The van der Waals surface area contributed by atoms with Gasteiger partial charge in [0.2, 0.25) is 0 Å². The van der Waals surface area contributed by atoms with Gasteiger partial charge in [-0.15, -0.1) is 11.3 Å². The van der Waals surface area contributed by atoms with Crippen molar-refractivity contribution in [1.29, 1.82) is 0 Å². The third-order valence-corrected chi connectivity index (χ3v) is 6.32. The van der Waals surface area contributed by atoms with Crippen molar-refractivity contribution in [2.24, 2.45) is 0 Å². The average Bonchev–Trinajstić information content (AvgIpc) is 3.42. The Labute approximate surface area is 194 Å². The first-order chi connectivity index (χ1) is 15.6. The fraction of sp³-hybridized carbons (Fsp3) is 0.190. The van der Waals surface area contributed by atoms with Gasteiger partial charge in [0.25, 0.3) is 5.91 Å². The van der Waals surface area contributed by atoms with Crippen molar-refractivity contribution in [3.63, 3.8) is 0 Å². The number of Topliss-reactive ketones (excluding diaryl/α,β-unsaturated/α-hetero) is 1. The molecule has 0 saturated heterocycles. The quantitative estimate of drug-likeness (QED) is 0.359. The van der Waals surface area contributed by atoms with Crippen molar-refractivity contribution in [1.82, 2.24) is 19.6 Å². The molecule has 1 amide bonds. The predicted molar refractivity (Wildman–Crippen MR) is 117 cm³/mol. The number of halogens is 4. The number of hydrogen-bond acceptors (Lipinski definition) is 6. The van der Waals surface area contributed by atoms with Crippen LogP contribution in [0.25, 0.3) is 5.52 Å². The van der Waals surface area contributed by atoms with Crippen LogP contribution in [0.1, 0.15) is 49.9 Å². The summed E-state index contributed by atoms with van der Waals surface area (Å²) in [6, 6.07) is 6.09. The SMILES string of the molecule is C[C@@H](CC(=O)c1cnn2ccccc12)c1ncc(C(=O)Nc2cc(C(F)(F)F)c(Cl)cn2)s1. The van der Waals surface area contributed by atoms with Crippen LogP contribution >= 0.6 is 22.9 Å². The Hall–Kier alpha value is -3.31. The van der Waals surface area contributed by atoms with Gasteiger partial charge in [0.15, 0.2) is 5.78 Å². The highest BCUT2D eigenvalue weighted by Crippen LogP contribution is 2.35. The van der Waals surface area contributed by atoms with Gasteiger partial charge in [-0.2, -0.15) is 18.3 Å². The molecule has 0 aliphatic rings. The summed E-state index contributed by atoms with van der Waals surface area (Å²) in [7, 11) is 0. The van der Waals surface area contributed by atoms with Crippen LogP contribution in [-0.4, -0.2) is 31.3 Å². The third kappa shape index (κ3) is 4.88. The van der Waals surface area contributed by atoms with E-state index in [0.29, 0.717) is 22.2 Å². The molecule has 4 rings (SSSR count). The molecule has 0 aromatic carbocycles. The number of aromatic nitrogens is 4. The first kappa shape index (κ1) is 22.9. The monoisotopic (exact) mass is 493 g/mol. The lowest BCUT2D eigenvalue weighted by Crippen LogP contribution is -2.13. The van der Waals surface area contributed by atoms with Gasteiger partial charge in [0.1, 0.15) is 10.7 Å². The van der Waals surface area contributed by atoms with Gasteiger partial charge in [-0.1, -0.05) is 24.6 Å². The molecule has 0 spiro atoms. The maximum Gasteiger partial charge on any atom is 0.418 e. The molecule has 4 aromatic rings. The lowest BCUT2D eigenvalue weighted by Gasteiger charge is -2.10. The molecular formula is C21H15ClF3N5O2S. The number of rotatable bonds is 6. The van der Waals surface area contributed by atoms with E-state index in [1.165, 1.54) is 12.4 Å². The highest BCUT2D eigenvalue weighted by Gasteiger charge is 2.34. The summed E-state index contributed by atoms with van der Waals surface area (Å²) in [5.74, 6) is -1.35. The zero-order valence-electron chi connectivity index (χ0n) is 16.9. The van der Waals surface area contributed by atoms with Crippen LogP contribution in [0.3, 0.4) is 0 Å². The highest BCUT2D eigenvalue weighted by molar-refractivity contribution is 7.13. The van der Waals surface area contributed by atoms with Gasteiger partial charge in [-0.3, -0.25) is 9.59 Å². The first-order valence-corrected chi connectivity index (χ1v) is 10.8. The van der Waals surface area contributed by atoms with E-state index < -0.39 is 22.7 Å². The van der Waals surface area contributed by atoms with E-state index in [4.69, 9.17) is 11.6 Å². The number of nitrogens with one attached hydrogen (secondary N) is 1. The molecule has 0 aliphatic carbocycles. The Kier molecular flexibility index (Phi) is 6.17. The normalized spacial score (nSPS) is 12.6. The van der Waals surface area contributed by atoms with E-state index in [-0.39, 0.29) is 28.8 Å². The molecule has 0 unspecified atom stereocenters. The van der Waals surface area contributed by atoms with Crippen LogP contribution in [0.4, 0.5) is 19.0 Å². The number of nitrogens with zero attached hydrogens (tertiary/aromatic N) is 4. The molecular weight excluding hydrogens is 479 g/mol. The van der Waals surface area contributed by atoms with Crippen LogP contribution in [-0.2, 0) is 6.18 Å². The molecule has 1 N–H and O–H groups in total. The minimum Gasteiger partial charge on any atom is -0.306 e. The largest absolute Gasteiger partial charge is 0.418 e. The Morgan fingerprint density at radius 2 is 2.00 bits per heavy atom. The first-order valence-electron chi connectivity index (χ1n) is 9.59. The topological polar surface area (TPSA) is 89.3 Å². The molecule has 4 heterocycles. The fourth-order valence-corrected chi connectivity index (χ4v) is 4.22. The third-order valence-electron chi connectivity index (χ3n) is 4.79. The molecule has 0 fully saturated rings. The van der Waals surface area contributed by atoms with Crippen LogP contribution in [0.2, 0.25) is 5.02 Å². The Morgan fingerprint density at radius 3 is 2.76 bits per heavy atom. The zero-order chi connectivity index (χ0) is 23.8. The van der Waals surface area contributed by atoms with Gasteiger partial charge < -0.3 is 5.32 Å². The van der Waals surface area contributed by atoms with E-state index in [0.717, 1.165) is 17.5 Å². The second-order valence-electron chi connectivity index (χ2n) is 7.18. The lowest BCUT2D eigenvalue weighted by molar-refractivity contribution is -0.137. The number of pyridine rings is 2. The molecule has 12 heteroatoms. The number of anilines is 1. The minimum absolute atomic E-state index is 0.116. The zero-order valence-corrected chi connectivity index (χ0v) is 18.5. The summed E-state index contributed by atoms with van der Waals surface area (Å²) >= 11 is 6.60. The molecule has 0 aliphatic heterocycles. The summed E-state index contributed by atoms with van der Waals surface area (Å²) in [5, 5.41) is 6.46. The van der Waals surface area contributed by atoms with Crippen molar-refractivity contribution in [3.05, 3.63) is 75.1 Å². The van der Waals surface area contributed by atoms with Crippen molar-refractivity contribution < 1.29 is 22.8 Å². The number of fused-ring (bicyclic) bond motifs is 1. The van der Waals surface area contributed by atoms with Gasteiger partial charge in [-0.25, -0.2) is 14.5 Å². The number of carbonyl (C=O) groups is 2. The molecule has 1 atom stereocenters. The maximum absolute atomic E-state index is 13.0. The number of alkyl halides is 3. The van der Waals surface area contributed by atoms with E-state index in [1.54, 1.807) is 23.7 Å². The van der Waals surface area contributed by atoms with E-state index in [1.807, 2.05) is 12.1 Å². The molecule has 0 bridgehead atoms. The number of ketones is 1. The number of amides is 1. The smallest absolute Gasteiger partial charge is 0.306 e. The molecule has 0 radical (unpaired) electrons. The van der Waals surface area contributed by atoms with Gasteiger partial charge in [0.05, 0.1) is 39.1 Å². The Balaban J connectivity index is 1.45. The van der Waals surface area contributed by atoms with Crippen LogP contribution in [0.15, 0.2) is 49.1 Å². The van der Waals surface area contributed by atoms with E-state index in [9.17, 15) is 22.8 Å². The Bertz CT molecular complexity index is 1350. The molecule has 170 valence electrons. The summed E-state index contributed by atoms with van der Waals surface area (Å²) in [6.45, 7) is 1.81. The molecule has 33 heavy (non-hydrogen) atoms. The van der Waals surface area contributed by atoms with E-state index >= 15 is 0 Å². The number of carbonyl (C=O) groups excluding carboxylic acids is 2. The highest BCUT2D eigenvalue weighted by atomic mass is 35.5. The van der Waals surface area contributed by atoms with Crippen LogP contribution in [0, 0.1) is 0 Å². The van der Waals surface area contributed by atoms with Crippen LogP contribution in [0.5, 0.6) is 0 Å². The van der Waals surface area contributed by atoms with Gasteiger partial charge in [0, 0.05) is 24.7 Å². The fourth-order valence-electron chi connectivity index (χ4n) is 3.15. The molecule has 0 saturated carbocycles. The van der Waals surface area contributed by atoms with Crippen molar-refractivity contribution >= 4 is 46.0 Å². The average molecular weight is 494 g/mol. The summed E-state index contributed by atoms with van der Waals surface area (Å²) in [5.41, 5.74) is 0.0909. The van der Waals surface area contributed by atoms with Gasteiger partial charge >= 0.3 is 6.18 Å². The van der Waals surface area contributed by atoms with E-state index in [2.05, 4.69) is 20.4 Å². The van der Waals surface area contributed by atoms with Gasteiger partial charge in [-0.05, 0) is 18.2 Å².